The third kappa shape index (κ3) is 3.50. The molecule has 0 radical (unpaired) electrons. The molecule has 0 spiro atoms. The third-order valence-electron chi connectivity index (χ3n) is 5.96. The second kappa shape index (κ2) is 7.35. The molecular weight excluding hydrogens is 362 g/mol. The highest BCUT2D eigenvalue weighted by atomic mass is 16.2. The highest BCUT2D eigenvalue weighted by Gasteiger charge is 2.27. The molecule has 6 nitrogen and oxygen atoms in total. The molecule has 1 aliphatic carbocycles. The van der Waals surface area contributed by atoms with Crippen LogP contribution in [0.3, 0.4) is 0 Å². The van der Waals surface area contributed by atoms with Gasteiger partial charge in [-0.25, -0.2) is 9.97 Å². The van der Waals surface area contributed by atoms with Crippen molar-refractivity contribution in [3.63, 3.8) is 0 Å². The normalized spacial score (nSPS) is 19.6. The summed E-state index contributed by atoms with van der Waals surface area (Å²) in [5, 5.41) is 3.20. The number of rotatable bonds is 4. The third-order valence-corrected chi connectivity index (χ3v) is 5.96. The molecule has 0 aliphatic heterocycles. The van der Waals surface area contributed by atoms with Crippen LogP contribution >= 0.6 is 0 Å². The lowest BCUT2D eigenvalue weighted by Gasteiger charge is -2.28. The smallest absolute Gasteiger partial charge is 0.271 e. The molecule has 1 saturated carbocycles. The summed E-state index contributed by atoms with van der Waals surface area (Å²) >= 11 is 0. The Kier molecular flexibility index (Phi) is 4.54. The Morgan fingerprint density at radius 1 is 1.17 bits per heavy atom. The van der Waals surface area contributed by atoms with Gasteiger partial charge in [0.15, 0.2) is 0 Å². The topological polar surface area (TPSA) is 75.1 Å². The van der Waals surface area contributed by atoms with Crippen LogP contribution in [0, 0.1) is 0 Å². The van der Waals surface area contributed by atoms with Gasteiger partial charge in [-0.3, -0.25) is 4.79 Å². The second-order valence-electron chi connectivity index (χ2n) is 7.96. The highest BCUT2D eigenvalue weighted by molar-refractivity contribution is 5.93. The molecule has 3 aromatic heterocycles. The maximum atomic E-state index is 12.8. The van der Waals surface area contributed by atoms with Gasteiger partial charge in [0.25, 0.3) is 5.91 Å². The summed E-state index contributed by atoms with van der Waals surface area (Å²) in [5.74, 6) is 1.28. The fourth-order valence-electron chi connectivity index (χ4n) is 4.35. The Balaban J connectivity index is 1.30. The molecule has 1 aromatic carbocycles. The van der Waals surface area contributed by atoms with E-state index in [-0.39, 0.29) is 11.9 Å². The summed E-state index contributed by atoms with van der Waals surface area (Å²) in [6.07, 6.45) is 8.90. The van der Waals surface area contributed by atoms with Crippen molar-refractivity contribution < 1.29 is 4.79 Å². The minimum absolute atomic E-state index is 0.0954. The number of hydrogen-bond acceptors (Lipinski definition) is 3. The van der Waals surface area contributed by atoms with E-state index >= 15 is 0 Å². The van der Waals surface area contributed by atoms with Crippen LogP contribution in [0.5, 0.6) is 0 Å². The van der Waals surface area contributed by atoms with Crippen LogP contribution in [-0.4, -0.2) is 31.3 Å². The molecule has 29 heavy (non-hydrogen) atoms. The minimum atomic E-state index is -0.0954. The number of amides is 1. The van der Waals surface area contributed by atoms with Crippen LogP contribution < -0.4 is 5.32 Å². The lowest BCUT2D eigenvalue weighted by atomic mass is 9.85. The first kappa shape index (κ1) is 17.9. The van der Waals surface area contributed by atoms with E-state index in [1.165, 1.54) is 5.56 Å². The summed E-state index contributed by atoms with van der Waals surface area (Å²) in [5.41, 5.74) is 4.58. The number of carbonyl (C=O) groups excluding carboxylic acids is 1. The van der Waals surface area contributed by atoms with E-state index in [0.29, 0.717) is 11.6 Å². The summed E-state index contributed by atoms with van der Waals surface area (Å²) < 4.78 is 1.94. The molecule has 1 fully saturated rings. The molecule has 0 bridgehead atoms. The van der Waals surface area contributed by atoms with E-state index in [1.807, 2.05) is 41.1 Å². The van der Waals surface area contributed by atoms with Crippen LogP contribution in [-0.2, 0) is 6.42 Å². The second-order valence-corrected chi connectivity index (χ2v) is 7.96. The predicted octanol–water partition coefficient (Wildman–Crippen LogP) is 4.23. The van der Waals surface area contributed by atoms with Gasteiger partial charge in [0.05, 0.1) is 11.0 Å². The number of aromatic nitrogens is 4. The molecule has 1 aliphatic rings. The summed E-state index contributed by atoms with van der Waals surface area (Å²) in [4.78, 5) is 25.5. The van der Waals surface area contributed by atoms with Crippen LogP contribution in [0.25, 0.3) is 16.7 Å². The fourth-order valence-corrected chi connectivity index (χ4v) is 4.35. The highest BCUT2D eigenvalue weighted by Crippen LogP contribution is 2.32. The summed E-state index contributed by atoms with van der Waals surface area (Å²) in [6, 6.07) is 12.3. The van der Waals surface area contributed by atoms with Gasteiger partial charge in [-0.05, 0) is 49.4 Å². The molecular formula is C23H25N5O. The molecule has 0 saturated heterocycles. The average molecular weight is 387 g/mol. The molecule has 2 atom stereocenters. The van der Waals surface area contributed by atoms with Crippen molar-refractivity contribution in [2.45, 2.75) is 51.0 Å². The maximum Gasteiger partial charge on any atom is 0.271 e. The zero-order chi connectivity index (χ0) is 19.8. The van der Waals surface area contributed by atoms with E-state index in [9.17, 15) is 4.79 Å². The van der Waals surface area contributed by atoms with Gasteiger partial charge in [0, 0.05) is 24.4 Å². The number of nitrogens with zero attached hydrogens (tertiary/aromatic N) is 3. The van der Waals surface area contributed by atoms with Crippen molar-refractivity contribution in [2.24, 2.45) is 0 Å². The predicted molar refractivity (Wildman–Crippen MR) is 113 cm³/mol. The van der Waals surface area contributed by atoms with Gasteiger partial charge in [0.1, 0.15) is 17.2 Å². The average Bonchev–Trinajstić information content (AvgIpc) is 3.37. The maximum absolute atomic E-state index is 12.8. The minimum Gasteiger partial charge on any atom is -0.348 e. The molecule has 4 aromatic rings. The van der Waals surface area contributed by atoms with Gasteiger partial charge >= 0.3 is 0 Å². The molecule has 6 heteroatoms. The Hall–Kier alpha value is -3.15. The quantitative estimate of drug-likeness (QED) is 0.550. The number of aromatic amines is 1. The number of imidazole rings is 2. The molecule has 0 unspecified atom stereocenters. The van der Waals surface area contributed by atoms with E-state index in [1.54, 1.807) is 0 Å². The first-order chi connectivity index (χ1) is 14.2. The largest absolute Gasteiger partial charge is 0.348 e. The van der Waals surface area contributed by atoms with Gasteiger partial charge in [0.2, 0.25) is 0 Å². The summed E-state index contributed by atoms with van der Waals surface area (Å²) in [6.45, 7) is 2.12. The molecule has 2 N–H and O–H groups in total. The lowest BCUT2D eigenvalue weighted by molar-refractivity contribution is 0.0920. The number of carbonyl (C=O) groups is 1. The van der Waals surface area contributed by atoms with E-state index in [2.05, 4.69) is 34.3 Å². The Morgan fingerprint density at radius 3 is 2.93 bits per heavy atom. The molecule has 1 amide bonds. The number of pyridine rings is 1. The number of fused-ring (bicyclic) bond motifs is 2. The van der Waals surface area contributed by atoms with Crippen molar-refractivity contribution in [3.05, 3.63) is 65.9 Å². The Labute approximate surface area is 169 Å². The van der Waals surface area contributed by atoms with Crippen LogP contribution in [0.4, 0.5) is 0 Å². The Morgan fingerprint density at radius 2 is 2.07 bits per heavy atom. The zero-order valence-electron chi connectivity index (χ0n) is 16.6. The monoisotopic (exact) mass is 387 g/mol. The van der Waals surface area contributed by atoms with E-state index in [0.717, 1.165) is 54.6 Å². The Bertz CT molecular complexity index is 1140. The molecule has 3 heterocycles. The van der Waals surface area contributed by atoms with Crippen LogP contribution in [0.1, 0.15) is 60.4 Å². The van der Waals surface area contributed by atoms with E-state index < -0.39 is 0 Å². The van der Waals surface area contributed by atoms with E-state index in [4.69, 9.17) is 4.98 Å². The number of aryl methyl sites for hydroxylation is 1. The lowest BCUT2D eigenvalue weighted by Crippen LogP contribution is -2.38. The van der Waals surface area contributed by atoms with Crippen molar-refractivity contribution in [1.29, 1.82) is 0 Å². The fraction of sp³-hybridized carbons (Fsp3) is 0.348. The standard InChI is InChI=1S/C23H25N5O/c1-2-15-10-11-21-25-20(14-28(21)13-15)23(29)24-17-7-5-6-16(12-17)22-26-18-8-3-4-9-19(18)27-22/h3-4,8-11,13-14,16-17H,2,5-7,12H2,1H3,(H,24,29)(H,26,27)/t16-,17+/m0/s1. The van der Waals surface area contributed by atoms with Crippen molar-refractivity contribution >= 4 is 22.6 Å². The molecule has 148 valence electrons. The number of benzene rings is 1. The summed E-state index contributed by atoms with van der Waals surface area (Å²) in [7, 11) is 0. The van der Waals surface area contributed by atoms with Gasteiger partial charge < -0.3 is 14.7 Å². The first-order valence-electron chi connectivity index (χ1n) is 10.4. The number of nitrogens with one attached hydrogen (secondary N) is 2. The number of hydrogen-bond donors (Lipinski definition) is 2. The van der Waals surface area contributed by atoms with Gasteiger partial charge in [-0.1, -0.05) is 31.5 Å². The zero-order valence-corrected chi connectivity index (χ0v) is 16.6. The van der Waals surface area contributed by atoms with Crippen LogP contribution in [0.15, 0.2) is 48.8 Å². The van der Waals surface area contributed by atoms with Gasteiger partial charge in [-0.2, -0.15) is 0 Å². The number of H-pyrrole nitrogens is 1. The van der Waals surface area contributed by atoms with Crippen molar-refractivity contribution in [2.75, 3.05) is 0 Å². The van der Waals surface area contributed by atoms with Gasteiger partial charge in [-0.15, -0.1) is 0 Å². The van der Waals surface area contributed by atoms with Crippen molar-refractivity contribution in [1.82, 2.24) is 24.7 Å². The first-order valence-corrected chi connectivity index (χ1v) is 10.4. The van der Waals surface area contributed by atoms with Crippen molar-refractivity contribution in [3.8, 4) is 0 Å². The number of para-hydroxylation sites is 2. The molecule has 5 rings (SSSR count). The SMILES string of the molecule is CCc1ccc2nc(C(=O)N[C@@H]3CCC[C@H](c4nc5ccccc5[nH]4)C3)cn2c1. The van der Waals surface area contributed by atoms with Crippen LogP contribution in [0.2, 0.25) is 0 Å².